The average Bonchev–Trinajstić information content (AvgIpc) is 2.44. The van der Waals surface area contributed by atoms with Crippen molar-refractivity contribution in [3.05, 3.63) is 48.0 Å². The Balaban J connectivity index is 0.000000980. The van der Waals surface area contributed by atoms with E-state index in [1.54, 1.807) is 12.1 Å². The standard InChI is InChI=1S/C11H8O2.K.H/c12-11(13)10-6-4-8-2-1-3-9(8)5-7-10;;/h1-7H,(H,12,13);;/q;+1;-1. The van der Waals surface area contributed by atoms with Crippen LogP contribution in [-0.2, 0) is 0 Å². The Labute approximate surface area is 126 Å². The van der Waals surface area contributed by atoms with Crippen LogP contribution in [0.3, 0.4) is 0 Å². The van der Waals surface area contributed by atoms with Gasteiger partial charge in [-0.25, -0.2) is 4.79 Å². The topological polar surface area (TPSA) is 37.3 Å². The molecule has 14 heavy (non-hydrogen) atoms. The zero-order valence-electron chi connectivity index (χ0n) is 8.90. The normalized spacial score (nSPS) is 9.43. The maximum Gasteiger partial charge on any atom is 1.00 e. The molecule has 0 saturated heterocycles. The summed E-state index contributed by atoms with van der Waals surface area (Å²) in [5.41, 5.74) is 2.44. The molecule has 0 bridgehead atoms. The molecule has 0 aromatic rings. The van der Waals surface area contributed by atoms with Gasteiger partial charge in [-0.15, -0.1) is 0 Å². The van der Waals surface area contributed by atoms with Gasteiger partial charge in [-0.3, -0.25) is 0 Å². The smallest absolute Gasteiger partial charge is 1.00 e. The van der Waals surface area contributed by atoms with Crippen molar-refractivity contribution in [3.8, 4) is 11.1 Å². The summed E-state index contributed by atoms with van der Waals surface area (Å²) in [7, 11) is 0. The molecule has 0 saturated carbocycles. The number of hydrogen-bond acceptors (Lipinski definition) is 1. The van der Waals surface area contributed by atoms with E-state index in [0.717, 1.165) is 11.1 Å². The number of carbonyl (C=O) groups is 1. The minimum Gasteiger partial charge on any atom is -1.00 e. The van der Waals surface area contributed by atoms with E-state index in [2.05, 4.69) is 0 Å². The van der Waals surface area contributed by atoms with E-state index in [1.165, 1.54) is 0 Å². The molecule has 0 unspecified atom stereocenters. The van der Waals surface area contributed by atoms with E-state index < -0.39 is 5.97 Å². The SMILES string of the molecule is O=C(O)c1ccc2cccc-2cc1.[H-].[K+]. The quantitative estimate of drug-likeness (QED) is 0.654. The number of carboxylic acids is 1. The Bertz CT molecular complexity index is 400. The third-order valence-corrected chi connectivity index (χ3v) is 2.02. The summed E-state index contributed by atoms with van der Waals surface area (Å²) in [6.45, 7) is 0. The van der Waals surface area contributed by atoms with Crippen molar-refractivity contribution in [2.24, 2.45) is 0 Å². The molecule has 0 spiro atoms. The Hall–Kier alpha value is -0.194. The zero-order chi connectivity index (χ0) is 9.26. The molecule has 0 heterocycles. The van der Waals surface area contributed by atoms with Gasteiger partial charge >= 0.3 is 57.4 Å². The molecule has 0 radical (unpaired) electrons. The van der Waals surface area contributed by atoms with Gasteiger partial charge in [0.1, 0.15) is 0 Å². The van der Waals surface area contributed by atoms with E-state index in [0.29, 0.717) is 5.56 Å². The predicted octanol–water partition coefficient (Wildman–Crippen LogP) is -0.394. The molecule has 0 aromatic carbocycles. The van der Waals surface area contributed by atoms with Crippen LogP contribution >= 0.6 is 0 Å². The second-order valence-electron chi connectivity index (χ2n) is 2.86. The summed E-state index contributed by atoms with van der Waals surface area (Å²) in [6.07, 6.45) is 0. The van der Waals surface area contributed by atoms with E-state index in [-0.39, 0.29) is 52.8 Å². The Kier molecular flexibility index (Phi) is 4.28. The molecule has 0 atom stereocenters. The number of aromatic carboxylic acids is 1. The van der Waals surface area contributed by atoms with Crippen molar-refractivity contribution < 1.29 is 62.7 Å². The summed E-state index contributed by atoms with van der Waals surface area (Å²) < 4.78 is 0. The molecule has 0 amide bonds. The zero-order valence-corrected chi connectivity index (χ0v) is 11.0. The van der Waals surface area contributed by atoms with Gasteiger partial charge in [-0.05, 0) is 23.3 Å². The van der Waals surface area contributed by atoms with Crippen molar-refractivity contribution in [3.63, 3.8) is 0 Å². The van der Waals surface area contributed by atoms with Crippen LogP contribution in [0.2, 0.25) is 0 Å². The third-order valence-electron chi connectivity index (χ3n) is 2.02. The molecule has 3 heteroatoms. The van der Waals surface area contributed by atoms with Crippen LogP contribution in [0, 0.1) is 0 Å². The maximum absolute atomic E-state index is 10.6. The molecular weight excluding hydrogens is 203 g/mol. The van der Waals surface area contributed by atoms with Crippen molar-refractivity contribution >= 4 is 5.97 Å². The van der Waals surface area contributed by atoms with Crippen LogP contribution in [0.4, 0.5) is 0 Å². The van der Waals surface area contributed by atoms with Gasteiger partial charge in [0, 0.05) is 0 Å². The number of rotatable bonds is 1. The average molecular weight is 212 g/mol. The van der Waals surface area contributed by atoms with E-state index >= 15 is 0 Å². The summed E-state index contributed by atoms with van der Waals surface area (Å²) in [5.74, 6) is -0.891. The first kappa shape index (κ1) is 11.9. The Morgan fingerprint density at radius 1 is 1.00 bits per heavy atom. The summed E-state index contributed by atoms with van der Waals surface area (Å²) in [5, 5.41) is 8.74. The van der Waals surface area contributed by atoms with Crippen LogP contribution < -0.4 is 51.4 Å². The van der Waals surface area contributed by atoms with Crippen LogP contribution in [0.15, 0.2) is 42.5 Å². The molecule has 2 rings (SSSR count). The Morgan fingerprint density at radius 2 is 1.50 bits per heavy atom. The van der Waals surface area contributed by atoms with Crippen LogP contribution in [-0.4, -0.2) is 11.1 Å². The van der Waals surface area contributed by atoms with Gasteiger partial charge in [0.15, 0.2) is 0 Å². The van der Waals surface area contributed by atoms with E-state index in [9.17, 15) is 4.79 Å². The molecule has 2 nitrogen and oxygen atoms in total. The first-order valence-electron chi connectivity index (χ1n) is 3.99. The van der Waals surface area contributed by atoms with Crippen LogP contribution in [0.25, 0.3) is 11.1 Å². The van der Waals surface area contributed by atoms with Gasteiger partial charge in [0.05, 0.1) is 5.56 Å². The molecule has 1 N–H and O–H groups in total. The predicted molar refractivity (Wildman–Crippen MR) is 51.1 cm³/mol. The summed E-state index contributed by atoms with van der Waals surface area (Å²) in [6, 6.07) is 12.7. The monoisotopic (exact) mass is 212 g/mol. The molecule has 0 aliphatic heterocycles. The maximum atomic E-state index is 10.6. The third kappa shape index (κ3) is 2.43. The first-order chi connectivity index (χ1) is 6.27. The minimum atomic E-state index is -0.891. The van der Waals surface area contributed by atoms with Gasteiger partial charge in [-0.1, -0.05) is 30.3 Å². The molecule has 2 aliphatic carbocycles. The fraction of sp³-hybridized carbons (Fsp3) is 0. The van der Waals surface area contributed by atoms with Crippen molar-refractivity contribution in [1.82, 2.24) is 0 Å². The first-order valence-corrected chi connectivity index (χ1v) is 3.99. The largest absolute Gasteiger partial charge is 1.00 e. The number of carboxylic acid groups (broad SMARTS) is 1. The van der Waals surface area contributed by atoms with Gasteiger partial charge in [0.25, 0.3) is 0 Å². The summed E-state index contributed by atoms with van der Waals surface area (Å²) >= 11 is 0. The fourth-order valence-electron chi connectivity index (χ4n) is 1.31. The second-order valence-corrected chi connectivity index (χ2v) is 2.86. The second kappa shape index (κ2) is 5.05. The van der Waals surface area contributed by atoms with Gasteiger partial charge < -0.3 is 6.53 Å². The van der Waals surface area contributed by atoms with Crippen LogP contribution in [0.5, 0.6) is 0 Å². The molecule has 2 aliphatic rings. The van der Waals surface area contributed by atoms with Gasteiger partial charge in [0.2, 0.25) is 0 Å². The molecular formula is C11H9KO2. The van der Waals surface area contributed by atoms with Crippen LogP contribution in [0.1, 0.15) is 11.8 Å². The minimum absolute atomic E-state index is 0. The fourth-order valence-corrected chi connectivity index (χ4v) is 1.31. The number of hydrogen-bond donors (Lipinski definition) is 1. The van der Waals surface area contributed by atoms with E-state index in [4.69, 9.17) is 5.11 Å². The number of fused-ring (bicyclic) bond motifs is 1. The summed E-state index contributed by atoms with van der Waals surface area (Å²) in [4.78, 5) is 10.6. The molecule has 0 fully saturated rings. The van der Waals surface area contributed by atoms with Crippen molar-refractivity contribution in [2.75, 3.05) is 0 Å². The van der Waals surface area contributed by atoms with Gasteiger partial charge in [-0.2, -0.15) is 0 Å². The Morgan fingerprint density at radius 3 is 1.93 bits per heavy atom. The van der Waals surface area contributed by atoms with Crippen molar-refractivity contribution in [1.29, 1.82) is 0 Å². The van der Waals surface area contributed by atoms with E-state index in [1.807, 2.05) is 30.3 Å². The molecule has 0 aromatic heterocycles. The molecule has 66 valence electrons. The van der Waals surface area contributed by atoms with Crippen molar-refractivity contribution in [2.45, 2.75) is 0 Å².